The third-order valence-electron chi connectivity index (χ3n) is 5.54. The molecule has 13 heteroatoms. The standard InChI is InChI=1S/C22H22ClN5O7/c1-32-14-6-5-11(7-17(14)35-4)28-21(30)19-20(22(28)31)27(26-25-19)10-18(29)24-13-8-12(23)15(33-2)9-16(13)34-3/h5-9,19-20H,10H2,1-4H3,(H,24,29)/t19-,20+/m0/s1. The highest BCUT2D eigenvalue weighted by atomic mass is 35.5. The fourth-order valence-electron chi connectivity index (χ4n) is 3.87. The molecule has 35 heavy (non-hydrogen) atoms. The van der Waals surface area contributed by atoms with E-state index in [9.17, 15) is 14.4 Å². The molecule has 12 nitrogen and oxygen atoms in total. The number of anilines is 2. The van der Waals surface area contributed by atoms with Crippen LogP contribution in [0.2, 0.25) is 5.02 Å². The van der Waals surface area contributed by atoms with Gasteiger partial charge in [-0.3, -0.25) is 19.4 Å². The molecular weight excluding hydrogens is 482 g/mol. The Labute approximate surface area is 205 Å². The summed E-state index contributed by atoms with van der Waals surface area (Å²) in [4.78, 5) is 39.9. The predicted octanol–water partition coefficient (Wildman–Crippen LogP) is 2.31. The highest BCUT2D eigenvalue weighted by Crippen LogP contribution is 2.38. The summed E-state index contributed by atoms with van der Waals surface area (Å²) in [5.41, 5.74) is 0.598. The predicted molar refractivity (Wildman–Crippen MR) is 124 cm³/mol. The zero-order chi connectivity index (χ0) is 25.3. The molecule has 0 spiro atoms. The zero-order valence-corrected chi connectivity index (χ0v) is 20.0. The van der Waals surface area contributed by atoms with Crippen molar-refractivity contribution >= 4 is 40.7 Å². The van der Waals surface area contributed by atoms with E-state index in [1.54, 1.807) is 12.1 Å². The number of ether oxygens (including phenoxy) is 4. The maximum atomic E-state index is 13.2. The number of benzene rings is 2. The van der Waals surface area contributed by atoms with E-state index in [1.807, 2.05) is 0 Å². The van der Waals surface area contributed by atoms with Gasteiger partial charge < -0.3 is 24.3 Å². The van der Waals surface area contributed by atoms with Gasteiger partial charge in [-0.1, -0.05) is 16.8 Å². The molecule has 4 rings (SSSR count). The van der Waals surface area contributed by atoms with E-state index in [0.717, 1.165) is 4.90 Å². The number of halogens is 1. The number of methoxy groups -OCH3 is 4. The van der Waals surface area contributed by atoms with Crippen molar-refractivity contribution in [3.8, 4) is 23.0 Å². The van der Waals surface area contributed by atoms with Crippen molar-refractivity contribution in [3.05, 3.63) is 35.4 Å². The minimum absolute atomic E-state index is 0.270. The van der Waals surface area contributed by atoms with Gasteiger partial charge >= 0.3 is 0 Å². The molecular formula is C22H22ClN5O7. The smallest absolute Gasteiger partial charge is 0.263 e. The monoisotopic (exact) mass is 503 g/mol. The molecule has 2 aliphatic heterocycles. The van der Waals surface area contributed by atoms with Gasteiger partial charge in [0.15, 0.2) is 23.6 Å². The van der Waals surface area contributed by atoms with E-state index in [-0.39, 0.29) is 11.6 Å². The van der Waals surface area contributed by atoms with Crippen LogP contribution in [0.3, 0.4) is 0 Å². The lowest BCUT2D eigenvalue weighted by atomic mass is 10.1. The number of fused-ring (bicyclic) bond motifs is 1. The van der Waals surface area contributed by atoms with E-state index in [1.165, 1.54) is 51.6 Å². The van der Waals surface area contributed by atoms with Crippen LogP contribution in [0.4, 0.5) is 11.4 Å². The Kier molecular flexibility index (Phi) is 6.65. The molecule has 1 N–H and O–H groups in total. The average molecular weight is 504 g/mol. The Hall–Kier alpha value is -4.06. The van der Waals surface area contributed by atoms with Crippen LogP contribution in [0.5, 0.6) is 23.0 Å². The van der Waals surface area contributed by atoms with E-state index in [4.69, 9.17) is 30.5 Å². The number of amides is 3. The SMILES string of the molecule is COc1cc(OC)c(NC(=O)CN2N=N[C@@H]3C(=O)N(c4ccc(OC)c(OC)c4)C(=O)[C@@H]32)cc1Cl. The number of rotatable bonds is 8. The molecule has 3 amide bonds. The second-order valence-electron chi connectivity index (χ2n) is 7.48. The summed E-state index contributed by atoms with van der Waals surface area (Å²) in [6.07, 6.45) is 0. The van der Waals surface area contributed by atoms with Crippen LogP contribution in [-0.2, 0) is 14.4 Å². The lowest BCUT2D eigenvalue weighted by Crippen LogP contribution is -2.43. The fraction of sp³-hybridized carbons (Fsp3) is 0.318. The molecule has 0 unspecified atom stereocenters. The number of hydrogen-bond acceptors (Lipinski definition) is 10. The van der Waals surface area contributed by atoms with Crippen molar-refractivity contribution in [2.75, 3.05) is 45.2 Å². The van der Waals surface area contributed by atoms with Crippen LogP contribution in [0.25, 0.3) is 0 Å². The molecule has 2 heterocycles. The fourth-order valence-corrected chi connectivity index (χ4v) is 4.11. The number of nitrogens with one attached hydrogen (secondary N) is 1. The van der Waals surface area contributed by atoms with Crippen LogP contribution in [0, 0.1) is 0 Å². The third kappa shape index (κ3) is 4.28. The molecule has 0 aliphatic carbocycles. The first-order chi connectivity index (χ1) is 16.8. The van der Waals surface area contributed by atoms with E-state index >= 15 is 0 Å². The third-order valence-corrected chi connectivity index (χ3v) is 5.83. The summed E-state index contributed by atoms with van der Waals surface area (Å²) < 4.78 is 20.9. The highest BCUT2D eigenvalue weighted by molar-refractivity contribution is 6.32. The van der Waals surface area contributed by atoms with Crippen LogP contribution < -0.4 is 29.2 Å². The number of nitrogens with zero attached hydrogens (tertiary/aromatic N) is 4. The molecule has 0 bridgehead atoms. The number of carbonyl (C=O) groups excluding carboxylic acids is 3. The molecule has 0 radical (unpaired) electrons. The van der Waals surface area contributed by atoms with Gasteiger partial charge in [0, 0.05) is 12.1 Å². The molecule has 2 aromatic rings. The van der Waals surface area contributed by atoms with Crippen LogP contribution in [-0.4, -0.2) is 69.8 Å². The molecule has 2 aliphatic rings. The summed E-state index contributed by atoms with van der Waals surface area (Å²) in [5, 5.41) is 11.9. The van der Waals surface area contributed by atoms with Gasteiger partial charge in [-0.15, -0.1) is 0 Å². The highest BCUT2D eigenvalue weighted by Gasteiger charge is 2.55. The lowest BCUT2D eigenvalue weighted by molar-refractivity contribution is -0.123. The van der Waals surface area contributed by atoms with Gasteiger partial charge in [0.25, 0.3) is 11.8 Å². The van der Waals surface area contributed by atoms with Crippen molar-refractivity contribution in [1.29, 1.82) is 0 Å². The summed E-state index contributed by atoms with van der Waals surface area (Å²) in [6, 6.07) is 5.56. The van der Waals surface area contributed by atoms with Crippen molar-refractivity contribution in [3.63, 3.8) is 0 Å². The van der Waals surface area contributed by atoms with E-state index < -0.39 is 29.8 Å². The second-order valence-corrected chi connectivity index (χ2v) is 7.89. The minimum atomic E-state index is -1.06. The largest absolute Gasteiger partial charge is 0.495 e. The van der Waals surface area contributed by atoms with Gasteiger partial charge in [-0.2, -0.15) is 5.11 Å². The number of carbonyl (C=O) groups is 3. The summed E-state index contributed by atoms with van der Waals surface area (Å²) in [7, 11) is 5.82. The zero-order valence-electron chi connectivity index (χ0n) is 19.3. The van der Waals surface area contributed by atoms with Crippen molar-refractivity contribution < 1.29 is 33.3 Å². The van der Waals surface area contributed by atoms with Gasteiger partial charge in [0.05, 0.1) is 44.8 Å². The Bertz CT molecular complexity index is 1220. The summed E-state index contributed by atoms with van der Waals surface area (Å²) in [6.45, 7) is -0.337. The van der Waals surface area contributed by atoms with Crippen molar-refractivity contribution in [1.82, 2.24) is 5.01 Å². The molecule has 1 saturated heterocycles. The first-order valence-corrected chi connectivity index (χ1v) is 10.7. The Morgan fingerprint density at radius 2 is 1.63 bits per heavy atom. The molecule has 184 valence electrons. The van der Waals surface area contributed by atoms with E-state index in [0.29, 0.717) is 34.4 Å². The topological polar surface area (TPSA) is 131 Å². The summed E-state index contributed by atoms with van der Waals surface area (Å²) in [5.74, 6) is -0.128. The van der Waals surface area contributed by atoms with Crippen LogP contribution >= 0.6 is 11.6 Å². The molecule has 2 atom stereocenters. The van der Waals surface area contributed by atoms with Gasteiger partial charge in [0.2, 0.25) is 5.91 Å². The van der Waals surface area contributed by atoms with Crippen LogP contribution in [0.1, 0.15) is 0 Å². The minimum Gasteiger partial charge on any atom is -0.495 e. The molecule has 2 aromatic carbocycles. The quantitative estimate of drug-likeness (QED) is 0.543. The van der Waals surface area contributed by atoms with Gasteiger partial charge in [-0.25, -0.2) is 4.90 Å². The lowest BCUT2D eigenvalue weighted by Gasteiger charge is -2.21. The Morgan fingerprint density at radius 3 is 2.29 bits per heavy atom. The molecule has 1 fully saturated rings. The van der Waals surface area contributed by atoms with Gasteiger partial charge in [-0.05, 0) is 18.2 Å². The van der Waals surface area contributed by atoms with Crippen molar-refractivity contribution in [2.24, 2.45) is 10.3 Å². The van der Waals surface area contributed by atoms with Crippen molar-refractivity contribution in [2.45, 2.75) is 12.1 Å². The average Bonchev–Trinajstić information content (AvgIpc) is 3.37. The Balaban J connectivity index is 1.51. The van der Waals surface area contributed by atoms with E-state index in [2.05, 4.69) is 15.7 Å². The molecule has 0 aromatic heterocycles. The Morgan fingerprint density at radius 1 is 0.943 bits per heavy atom. The maximum absolute atomic E-state index is 13.2. The first-order valence-electron chi connectivity index (χ1n) is 10.3. The second kappa shape index (κ2) is 9.66. The summed E-state index contributed by atoms with van der Waals surface area (Å²) >= 11 is 6.16. The number of imide groups is 1. The normalized spacial score (nSPS) is 18.5. The first kappa shape index (κ1) is 24.1. The number of hydrogen-bond donors (Lipinski definition) is 1. The molecule has 0 saturated carbocycles. The maximum Gasteiger partial charge on any atom is 0.263 e. The van der Waals surface area contributed by atoms with Gasteiger partial charge in [0.1, 0.15) is 18.0 Å². The van der Waals surface area contributed by atoms with Crippen LogP contribution in [0.15, 0.2) is 40.7 Å².